The third kappa shape index (κ3) is 4.25. The van der Waals surface area contributed by atoms with Crippen LogP contribution in [0.4, 0.5) is 0 Å². The summed E-state index contributed by atoms with van der Waals surface area (Å²) in [5.41, 5.74) is 0.940. The Labute approximate surface area is 95.1 Å². The summed E-state index contributed by atoms with van der Waals surface area (Å²) < 4.78 is 6.54. The Morgan fingerprint density at radius 2 is 2.38 bits per heavy atom. The van der Waals surface area contributed by atoms with Crippen molar-refractivity contribution in [2.45, 2.75) is 33.2 Å². The quantitative estimate of drug-likeness (QED) is 0.539. The molecule has 1 heterocycles. The van der Waals surface area contributed by atoms with Gasteiger partial charge in [-0.05, 0) is 26.7 Å². The van der Waals surface area contributed by atoms with Crippen LogP contribution in [0, 0.1) is 0 Å². The Morgan fingerprint density at radius 1 is 1.56 bits per heavy atom. The van der Waals surface area contributed by atoms with Crippen molar-refractivity contribution in [3.63, 3.8) is 0 Å². The fraction of sp³-hybridized carbons (Fsp3) is 0.545. The number of hydrogen-bond acceptors (Lipinski definition) is 4. The molecule has 0 N–H and O–H groups in total. The molecule has 0 radical (unpaired) electrons. The van der Waals surface area contributed by atoms with Crippen LogP contribution in [0.25, 0.3) is 0 Å². The maximum absolute atomic E-state index is 11.0. The highest BCUT2D eigenvalue weighted by Crippen LogP contribution is 1.99. The first kappa shape index (κ1) is 12.4. The number of hydrogen-bond donors (Lipinski definition) is 0. The molecular weight excluding hydrogens is 206 g/mol. The van der Waals surface area contributed by atoms with Gasteiger partial charge in [-0.15, -0.1) is 5.10 Å². The van der Waals surface area contributed by atoms with E-state index in [9.17, 15) is 4.79 Å². The number of carbonyl (C=O) groups is 1. The number of ether oxygens (including phenoxy) is 1. The lowest BCUT2D eigenvalue weighted by Gasteiger charge is -1.94. The Morgan fingerprint density at radius 3 is 3.00 bits per heavy atom. The van der Waals surface area contributed by atoms with E-state index in [0.29, 0.717) is 6.61 Å². The first-order chi connectivity index (χ1) is 7.76. The van der Waals surface area contributed by atoms with Gasteiger partial charge in [-0.3, -0.25) is 4.68 Å². The molecule has 5 heteroatoms. The maximum Gasteiger partial charge on any atom is 0.330 e. The smallest absolute Gasteiger partial charge is 0.330 e. The van der Waals surface area contributed by atoms with Crippen molar-refractivity contribution in [3.8, 4) is 0 Å². The van der Waals surface area contributed by atoms with Crippen molar-refractivity contribution < 1.29 is 9.53 Å². The van der Waals surface area contributed by atoms with Crippen molar-refractivity contribution >= 4 is 5.97 Å². The summed E-state index contributed by atoms with van der Waals surface area (Å²) in [5, 5.41) is 7.93. The van der Waals surface area contributed by atoms with Crippen molar-refractivity contribution in [2.75, 3.05) is 6.61 Å². The fourth-order valence-electron chi connectivity index (χ4n) is 1.21. The highest BCUT2D eigenvalue weighted by atomic mass is 16.5. The summed E-state index contributed by atoms with van der Waals surface area (Å²) in [6, 6.07) is 0. The Bertz CT molecular complexity index is 358. The van der Waals surface area contributed by atoms with Crippen LogP contribution in [-0.4, -0.2) is 27.6 Å². The number of aryl methyl sites for hydroxylation is 2. The predicted octanol–water partition coefficient (Wildman–Crippen LogP) is 1.35. The molecule has 1 rings (SSSR count). The zero-order chi connectivity index (χ0) is 11.8. The number of allylic oxidation sites excluding steroid dienone is 1. The van der Waals surface area contributed by atoms with E-state index in [2.05, 4.69) is 10.3 Å². The van der Waals surface area contributed by atoms with Crippen LogP contribution in [-0.2, 0) is 22.5 Å². The van der Waals surface area contributed by atoms with E-state index in [1.54, 1.807) is 17.7 Å². The normalized spacial score (nSPS) is 10.9. The molecule has 0 aliphatic rings. The highest BCUT2D eigenvalue weighted by molar-refractivity contribution is 5.81. The average molecular weight is 223 g/mol. The van der Waals surface area contributed by atoms with Gasteiger partial charge in [0, 0.05) is 18.8 Å². The van der Waals surface area contributed by atoms with Crippen molar-refractivity contribution in [1.82, 2.24) is 15.0 Å². The summed E-state index contributed by atoms with van der Waals surface area (Å²) in [4.78, 5) is 11.0. The predicted molar refractivity (Wildman–Crippen MR) is 59.8 cm³/mol. The van der Waals surface area contributed by atoms with E-state index in [4.69, 9.17) is 4.74 Å². The molecule has 0 amide bonds. The Hall–Kier alpha value is -1.65. The molecule has 1 aromatic rings. The number of esters is 1. The zero-order valence-corrected chi connectivity index (χ0v) is 9.72. The third-order valence-corrected chi connectivity index (χ3v) is 2.02. The van der Waals surface area contributed by atoms with Crippen LogP contribution in [0.1, 0.15) is 26.0 Å². The number of rotatable bonds is 6. The topological polar surface area (TPSA) is 57.0 Å². The molecule has 16 heavy (non-hydrogen) atoms. The van der Waals surface area contributed by atoms with Crippen LogP contribution >= 0.6 is 0 Å². The minimum absolute atomic E-state index is 0.292. The fourth-order valence-corrected chi connectivity index (χ4v) is 1.21. The van der Waals surface area contributed by atoms with Gasteiger partial charge < -0.3 is 4.74 Å². The molecule has 0 saturated heterocycles. The van der Waals surface area contributed by atoms with Crippen LogP contribution < -0.4 is 0 Å². The summed E-state index contributed by atoms with van der Waals surface area (Å²) in [7, 11) is 0. The van der Waals surface area contributed by atoms with E-state index < -0.39 is 0 Å². The monoisotopic (exact) mass is 223 g/mol. The van der Waals surface area contributed by atoms with E-state index in [-0.39, 0.29) is 5.97 Å². The van der Waals surface area contributed by atoms with Gasteiger partial charge in [-0.25, -0.2) is 4.79 Å². The van der Waals surface area contributed by atoms with Gasteiger partial charge in [0.25, 0.3) is 0 Å². The van der Waals surface area contributed by atoms with Crippen LogP contribution in [0.2, 0.25) is 0 Å². The second-order valence-electron chi connectivity index (χ2n) is 3.26. The molecule has 0 saturated carbocycles. The van der Waals surface area contributed by atoms with Crippen LogP contribution in [0.15, 0.2) is 18.3 Å². The van der Waals surface area contributed by atoms with Crippen molar-refractivity contribution in [2.24, 2.45) is 0 Å². The van der Waals surface area contributed by atoms with Gasteiger partial charge in [-0.2, -0.15) is 0 Å². The largest absolute Gasteiger partial charge is 0.463 e. The van der Waals surface area contributed by atoms with Gasteiger partial charge in [0.05, 0.1) is 12.3 Å². The lowest BCUT2D eigenvalue weighted by Crippen LogP contribution is -1.98. The second-order valence-corrected chi connectivity index (χ2v) is 3.26. The van der Waals surface area contributed by atoms with Gasteiger partial charge in [0.15, 0.2) is 0 Å². The number of nitrogens with zero attached hydrogens (tertiary/aromatic N) is 3. The third-order valence-electron chi connectivity index (χ3n) is 2.02. The van der Waals surface area contributed by atoms with E-state index >= 15 is 0 Å². The summed E-state index contributed by atoms with van der Waals surface area (Å²) in [6.45, 7) is 5.04. The molecule has 0 aromatic carbocycles. The molecule has 0 aliphatic carbocycles. The molecule has 0 bridgehead atoms. The molecular formula is C11H17N3O2. The first-order valence-electron chi connectivity index (χ1n) is 5.48. The highest BCUT2D eigenvalue weighted by Gasteiger charge is 1.98. The lowest BCUT2D eigenvalue weighted by molar-refractivity contribution is -0.137. The van der Waals surface area contributed by atoms with E-state index in [1.165, 1.54) is 6.08 Å². The lowest BCUT2D eigenvalue weighted by atomic mass is 10.2. The van der Waals surface area contributed by atoms with Gasteiger partial charge in [-0.1, -0.05) is 11.3 Å². The molecule has 0 fully saturated rings. The summed E-state index contributed by atoms with van der Waals surface area (Å²) in [6.07, 6.45) is 6.71. The van der Waals surface area contributed by atoms with Crippen molar-refractivity contribution in [3.05, 3.63) is 24.0 Å². The number of carbonyl (C=O) groups excluding carboxylic acids is 1. The standard InChI is InChI=1S/C11H17N3O2/c1-3-14-9-10(12-13-14)7-5-6-8-11(15)16-4-2/h6,8-9H,3-5,7H2,1-2H3/b8-6+. The minimum Gasteiger partial charge on any atom is -0.463 e. The average Bonchev–Trinajstić information content (AvgIpc) is 2.73. The molecule has 0 spiro atoms. The van der Waals surface area contributed by atoms with Crippen molar-refractivity contribution in [1.29, 1.82) is 0 Å². The molecule has 0 aliphatic heterocycles. The van der Waals surface area contributed by atoms with Gasteiger partial charge in [0.1, 0.15) is 0 Å². The molecule has 5 nitrogen and oxygen atoms in total. The van der Waals surface area contributed by atoms with Crippen LogP contribution in [0.3, 0.4) is 0 Å². The molecule has 88 valence electrons. The maximum atomic E-state index is 11.0. The number of aromatic nitrogens is 3. The summed E-state index contributed by atoms with van der Waals surface area (Å²) >= 11 is 0. The second kappa shape index (κ2) is 6.76. The first-order valence-corrected chi connectivity index (χ1v) is 5.48. The molecule has 1 aromatic heterocycles. The SMILES string of the molecule is CCOC(=O)/C=C/CCc1cn(CC)nn1. The summed E-state index contributed by atoms with van der Waals surface area (Å²) in [5.74, 6) is -0.292. The van der Waals surface area contributed by atoms with E-state index in [1.807, 2.05) is 13.1 Å². The minimum atomic E-state index is -0.292. The van der Waals surface area contributed by atoms with Crippen LogP contribution in [0.5, 0.6) is 0 Å². The van der Waals surface area contributed by atoms with Gasteiger partial charge in [0.2, 0.25) is 0 Å². The van der Waals surface area contributed by atoms with Gasteiger partial charge >= 0.3 is 5.97 Å². The Balaban J connectivity index is 2.27. The molecule has 0 unspecified atom stereocenters. The van der Waals surface area contributed by atoms with E-state index in [0.717, 1.165) is 25.1 Å². The zero-order valence-electron chi connectivity index (χ0n) is 9.72. The molecule has 0 atom stereocenters. The Kier molecular flexibility index (Phi) is 5.25.